The fourth-order valence-corrected chi connectivity index (χ4v) is 3.06. The molecule has 1 heterocycles. The number of benzene rings is 1. The van der Waals surface area contributed by atoms with Crippen molar-refractivity contribution in [2.24, 2.45) is 0 Å². The second-order valence-electron chi connectivity index (χ2n) is 5.64. The van der Waals surface area contributed by atoms with Gasteiger partial charge in [-0.05, 0) is 37.9 Å². The van der Waals surface area contributed by atoms with Gasteiger partial charge in [0.15, 0.2) is 5.78 Å². The Morgan fingerprint density at radius 1 is 1.32 bits per heavy atom. The van der Waals surface area contributed by atoms with E-state index in [2.05, 4.69) is 4.90 Å². The minimum absolute atomic E-state index is 0.0707. The second kappa shape index (κ2) is 7.94. The average molecular weight is 305 g/mol. The molecule has 0 aliphatic carbocycles. The van der Waals surface area contributed by atoms with Gasteiger partial charge in [-0.3, -0.25) is 14.5 Å². The van der Waals surface area contributed by atoms with E-state index in [0.717, 1.165) is 19.4 Å². The van der Waals surface area contributed by atoms with Gasteiger partial charge in [0.1, 0.15) is 5.75 Å². The highest BCUT2D eigenvalue weighted by molar-refractivity contribution is 5.98. The summed E-state index contributed by atoms with van der Waals surface area (Å²) < 4.78 is 5.22. The second-order valence-corrected chi connectivity index (χ2v) is 5.64. The maximum Gasteiger partial charge on any atom is 0.303 e. The predicted molar refractivity (Wildman–Crippen MR) is 83.4 cm³/mol. The molecule has 1 aromatic rings. The van der Waals surface area contributed by atoms with Crippen LogP contribution in [0, 0.1) is 0 Å². The molecule has 0 amide bonds. The molecule has 1 aliphatic heterocycles. The van der Waals surface area contributed by atoms with Crippen molar-refractivity contribution in [2.75, 3.05) is 20.2 Å². The van der Waals surface area contributed by atoms with E-state index in [1.165, 1.54) is 0 Å². The van der Waals surface area contributed by atoms with Gasteiger partial charge in [0.25, 0.3) is 0 Å². The molecule has 1 aromatic carbocycles. The quantitative estimate of drug-likeness (QED) is 0.748. The molecule has 22 heavy (non-hydrogen) atoms. The first-order chi connectivity index (χ1) is 10.6. The number of ketones is 1. The van der Waals surface area contributed by atoms with E-state index >= 15 is 0 Å². The molecule has 1 atom stereocenters. The Morgan fingerprint density at radius 3 is 2.82 bits per heavy atom. The molecule has 0 saturated carbocycles. The summed E-state index contributed by atoms with van der Waals surface area (Å²) in [5.74, 6) is -0.0744. The van der Waals surface area contributed by atoms with E-state index in [4.69, 9.17) is 9.84 Å². The zero-order chi connectivity index (χ0) is 15.9. The van der Waals surface area contributed by atoms with Crippen molar-refractivity contribution in [3.8, 4) is 5.75 Å². The monoisotopic (exact) mass is 305 g/mol. The van der Waals surface area contributed by atoms with Crippen LogP contribution in [0.15, 0.2) is 24.3 Å². The Morgan fingerprint density at radius 2 is 2.09 bits per heavy atom. The van der Waals surface area contributed by atoms with Crippen molar-refractivity contribution in [1.82, 2.24) is 4.90 Å². The van der Waals surface area contributed by atoms with Gasteiger partial charge < -0.3 is 9.84 Å². The first-order valence-corrected chi connectivity index (χ1v) is 7.74. The minimum atomic E-state index is -0.753. The van der Waals surface area contributed by atoms with Gasteiger partial charge in [-0.15, -0.1) is 0 Å². The normalized spacial score (nSPS) is 18.3. The summed E-state index contributed by atoms with van der Waals surface area (Å²) in [6, 6.07) is 7.55. The Bertz CT molecular complexity index is 529. The van der Waals surface area contributed by atoms with Crippen LogP contribution >= 0.6 is 0 Å². The molecule has 1 fully saturated rings. The summed E-state index contributed by atoms with van der Waals surface area (Å²) in [5, 5.41) is 8.80. The van der Waals surface area contributed by atoms with Crippen molar-refractivity contribution in [1.29, 1.82) is 0 Å². The number of carboxylic acids is 1. The Kier molecular flexibility index (Phi) is 5.95. The van der Waals surface area contributed by atoms with Gasteiger partial charge >= 0.3 is 5.97 Å². The standard InChI is InChI=1S/C17H23NO4/c1-22-16-7-3-2-6-14(16)15(19)10-12-18-11-4-5-13(18)8-9-17(20)21/h2-3,6-7,13H,4-5,8-12H2,1H3,(H,20,21). The number of carboxylic acid groups (broad SMARTS) is 1. The van der Waals surface area contributed by atoms with Crippen LogP contribution in [0.3, 0.4) is 0 Å². The molecule has 1 saturated heterocycles. The molecule has 5 nitrogen and oxygen atoms in total. The third-order valence-corrected chi connectivity index (χ3v) is 4.22. The number of Topliss-reactive ketones (excluding diaryl/α,β-unsaturated/α-hetero) is 1. The number of carbonyl (C=O) groups excluding carboxylic acids is 1. The number of rotatable bonds is 8. The highest BCUT2D eigenvalue weighted by Gasteiger charge is 2.25. The fraction of sp³-hybridized carbons (Fsp3) is 0.529. The Hall–Kier alpha value is -1.88. The molecule has 5 heteroatoms. The van der Waals surface area contributed by atoms with Crippen molar-refractivity contribution in [2.45, 2.75) is 38.1 Å². The zero-order valence-electron chi connectivity index (χ0n) is 13.0. The molecule has 0 aromatic heterocycles. The van der Waals surface area contributed by atoms with Crippen molar-refractivity contribution >= 4 is 11.8 Å². The maximum atomic E-state index is 12.4. The van der Waals surface area contributed by atoms with Crippen molar-refractivity contribution in [3.05, 3.63) is 29.8 Å². The summed E-state index contributed by atoms with van der Waals surface area (Å²) in [6.07, 6.45) is 3.40. The van der Waals surface area contributed by atoms with Crippen LogP contribution in [-0.4, -0.2) is 48.0 Å². The summed E-state index contributed by atoms with van der Waals surface area (Å²) in [5.41, 5.74) is 0.617. The van der Waals surface area contributed by atoms with Crippen LogP contribution < -0.4 is 4.74 Å². The molecular weight excluding hydrogens is 282 g/mol. The highest BCUT2D eigenvalue weighted by Crippen LogP contribution is 2.23. The maximum absolute atomic E-state index is 12.4. The first kappa shape index (κ1) is 16.5. The van der Waals surface area contributed by atoms with Gasteiger partial charge in [-0.2, -0.15) is 0 Å². The summed E-state index contributed by atoms with van der Waals surface area (Å²) >= 11 is 0. The molecule has 1 N–H and O–H groups in total. The lowest BCUT2D eigenvalue weighted by molar-refractivity contribution is -0.137. The highest BCUT2D eigenvalue weighted by atomic mass is 16.5. The number of nitrogens with zero attached hydrogens (tertiary/aromatic N) is 1. The van der Waals surface area contributed by atoms with Crippen molar-refractivity contribution < 1.29 is 19.4 Å². The van der Waals surface area contributed by atoms with E-state index in [1.54, 1.807) is 19.2 Å². The molecule has 2 rings (SSSR count). The van der Waals surface area contributed by atoms with Gasteiger partial charge in [0.2, 0.25) is 0 Å². The number of methoxy groups -OCH3 is 1. The number of hydrogen-bond donors (Lipinski definition) is 1. The number of para-hydroxylation sites is 1. The number of likely N-dealkylation sites (tertiary alicyclic amines) is 1. The number of carbonyl (C=O) groups is 2. The summed E-state index contributed by atoms with van der Waals surface area (Å²) in [7, 11) is 1.56. The number of ether oxygens (including phenoxy) is 1. The Labute approximate surface area is 130 Å². The van der Waals surface area contributed by atoms with Gasteiger partial charge in [0.05, 0.1) is 12.7 Å². The molecule has 120 valence electrons. The summed E-state index contributed by atoms with van der Waals surface area (Å²) in [6.45, 7) is 1.63. The van der Waals surface area contributed by atoms with E-state index in [0.29, 0.717) is 36.7 Å². The fourth-order valence-electron chi connectivity index (χ4n) is 3.06. The van der Waals surface area contributed by atoms with Crippen LogP contribution in [0.4, 0.5) is 0 Å². The van der Waals surface area contributed by atoms with Crippen molar-refractivity contribution in [3.63, 3.8) is 0 Å². The average Bonchev–Trinajstić information content (AvgIpc) is 2.98. The molecule has 0 bridgehead atoms. The minimum Gasteiger partial charge on any atom is -0.496 e. The van der Waals surface area contributed by atoms with Gasteiger partial charge in [0, 0.05) is 25.4 Å². The largest absolute Gasteiger partial charge is 0.496 e. The molecule has 1 aliphatic rings. The number of aliphatic carboxylic acids is 1. The SMILES string of the molecule is COc1ccccc1C(=O)CCN1CCCC1CCC(=O)O. The zero-order valence-corrected chi connectivity index (χ0v) is 13.0. The molecular formula is C17H23NO4. The van der Waals surface area contributed by atoms with Gasteiger partial charge in [-0.25, -0.2) is 0 Å². The topological polar surface area (TPSA) is 66.8 Å². The smallest absolute Gasteiger partial charge is 0.303 e. The molecule has 1 unspecified atom stereocenters. The van der Waals surface area contributed by atoms with E-state index in [-0.39, 0.29) is 12.2 Å². The van der Waals surface area contributed by atoms with Gasteiger partial charge in [-0.1, -0.05) is 12.1 Å². The lowest BCUT2D eigenvalue weighted by atomic mass is 10.1. The predicted octanol–water partition coefficient (Wildman–Crippen LogP) is 2.60. The van der Waals surface area contributed by atoms with Crippen LogP contribution in [0.2, 0.25) is 0 Å². The van der Waals surface area contributed by atoms with Crippen LogP contribution in [-0.2, 0) is 4.79 Å². The van der Waals surface area contributed by atoms with Crippen LogP contribution in [0.5, 0.6) is 5.75 Å². The lowest BCUT2D eigenvalue weighted by Gasteiger charge is -2.23. The number of hydrogen-bond acceptors (Lipinski definition) is 4. The van der Waals surface area contributed by atoms with E-state index in [1.807, 2.05) is 12.1 Å². The molecule has 0 radical (unpaired) electrons. The third-order valence-electron chi connectivity index (χ3n) is 4.22. The summed E-state index contributed by atoms with van der Waals surface area (Å²) in [4.78, 5) is 25.3. The molecule has 0 spiro atoms. The van der Waals surface area contributed by atoms with E-state index in [9.17, 15) is 9.59 Å². The van der Waals surface area contributed by atoms with Crippen LogP contribution in [0.1, 0.15) is 42.5 Å². The van der Waals surface area contributed by atoms with E-state index < -0.39 is 5.97 Å². The third kappa shape index (κ3) is 4.31. The lowest BCUT2D eigenvalue weighted by Crippen LogP contribution is -2.32. The Balaban J connectivity index is 1.88. The van der Waals surface area contributed by atoms with Crippen LogP contribution in [0.25, 0.3) is 0 Å². The first-order valence-electron chi connectivity index (χ1n) is 7.74.